The van der Waals surface area contributed by atoms with Gasteiger partial charge in [-0.3, -0.25) is 14.6 Å². The van der Waals surface area contributed by atoms with Gasteiger partial charge in [0.2, 0.25) is 0 Å². The highest BCUT2D eigenvalue weighted by atomic mass is 32.2. The summed E-state index contributed by atoms with van der Waals surface area (Å²) < 4.78 is 0. The van der Waals surface area contributed by atoms with Gasteiger partial charge in [-0.2, -0.15) is 11.8 Å². The van der Waals surface area contributed by atoms with Gasteiger partial charge in [-0.1, -0.05) is 31.2 Å². The predicted molar refractivity (Wildman–Crippen MR) is 133 cm³/mol. The van der Waals surface area contributed by atoms with Gasteiger partial charge in [-0.15, -0.1) is 0 Å². The number of rotatable bonds is 11. The molecule has 0 aliphatic carbocycles. The Hall–Kier alpha value is -2.20. The van der Waals surface area contributed by atoms with Gasteiger partial charge in [-0.25, -0.2) is 9.97 Å². The van der Waals surface area contributed by atoms with Gasteiger partial charge in [0.25, 0.3) is 5.91 Å². The zero-order valence-corrected chi connectivity index (χ0v) is 20.1. The van der Waals surface area contributed by atoms with E-state index < -0.39 is 6.10 Å². The Kier molecular flexibility index (Phi) is 8.55. The molecular formula is C24H34N6O2S. The molecule has 0 spiro atoms. The molecule has 33 heavy (non-hydrogen) atoms. The topological polar surface area (TPSA) is 93.6 Å². The number of anilines is 1. The number of carbonyl (C=O) groups is 1. The molecule has 3 heterocycles. The van der Waals surface area contributed by atoms with E-state index >= 15 is 0 Å². The van der Waals surface area contributed by atoms with Crippen molar-refractivity contribution in [3.05, 3.63) is 53.5 Å². The molecule has 2 aliphatic heterocycles. The fourth-order valence-corrected chi connectivity index (χ4v) is 5.00. The molecular weight excluding hydrogens is 436 g/mol. The molecule has 1 unspecified atom stereocenters. The maximum Gasteiger partial charge on any atom is 0.270 e. The zero-order chi connectivity index (χ0) is 23.0. The molecule has 4 rings (SSSR count). The van der Waals surface area contributed by atoms with Crippen LogP contribution in [0.4, 0.5) is 5.82 Å². The fourth-order valence-electron chi connectivity index (χ4n) is 4.32. The van der Waals surface area contributed by atoms with Crippen LogP contribution in [0.1, 0.15) is 28.5 Å². The summed E-state index contributed by atoms with van der Waals surface area (Å²) in [4.78, 5) is 25.6. The van der Waals surface area contributed by atoms with Crippen LogP contribution in [0.5, 0.6) is 0 Å². The standard InChI is InChI=1S/C24H34N6O2S/c1-2-33-10-9-30-14-20(15-30)28-23-11-22(26-17-27-23)24(32)25-12-21(31)16-29-8-7-18-5-3-4-6-19(18)13-29/h3-6,11,17,20-21,31H,2,7-10,12-16H2,1H3,(H,25,32)(H,26,27,28). The number of benzene rings is 1. The first-order chi connectivity index (χ1) is 16.1. The molecule has 0 bridgehead atoms. The van der Waals surface area contributed by atoms with Crippen molar-refractivity contribution in [2.24, 2.45) is 0 Å². The lowest BCUT2D eigenvalue weighted by molar-refractivity contribution is 0.0838. The smallest absolute Gasteiger partial charge is 0.270 e. The lowest BCUT2D eigenvalue weighted by Gasteiger charge is -2.39. The first-order valence-electron chi connectivity index (χ1n) is 11.7. The van der Waals surface area contributed by atoms with E-state index in [1.54, 1.807) is 6.07 Å². The van der Waals surface area contributed by atoms with E-state index in [4.69, 9.17) is 0 Å². The number of hydrogen-bond donors (Lipinski definition) is 3. The molecule has 3 N–H and O–H groups in total. The van der Waals surface area contributed by atoms with Crippen LogP contribution in [0, 0.1) is 0 Å². The largest absolute Gasteiger partial charge is 0.390 e. The molecule has 8 nitrogen and oxygen atoms in total. The molecule has 178 valence electrons. The summed E-state index contributed by atoms with van der Waals surface area (Å²) in [5.41, 5.74) is 3.01. The average molecular weight is 471 g/mol. The SMILES string of the molecule is CCSCCN1CC(Nc2cc(C(=O)NCC(O)CN3CCc4ccccc4C3)ncn2)C1. The second kappa shape index (κ2) is 11.8. The van der Waals surface area contributed by atoms with E-state index in [2.05, 4.69) is 61.6 Å². The van der Waals surface area contributed by atoms with E-state index in [9.17, 15) is 9.90 Å². The summed E-state index contributed by atoms with van der Waals surface area (Å²) in [5, 5.41) is 16.6. The number of β-amino-alcohol motifs (C(OH)–C–C–N with tert-alkyl or cyclic N) is 1. The van der Waals surface area contributed by atoms with Crippen molar-refractivity contribution in [3.8, 4) is 0 Å². The summed E-state index contributed by atoms with van der Waals surface area (Å²) >= 11 is 1.96. The number of thioether (sulfide) groups is 1. The van der Waals surface area contributed by atoms with Crippen LogP contribution in [0.2, 0.25) is 0 Å². The molecule has 0 saturated carbocycles. The first-order valence-corrected chi connectivity index (χ1v) is 12.9. The van der Waals surface area contributed by atoms with Crippen LogP contribution in [0.15, 0.2) is 36.7 Å². The number of fused-ring (bicyclic) bond motifs is 1. The number of hydrogen-bond acceptors (Lipinski definition) is 8. The van der Waals surface area contributed by atoms with Crippen LogP contribution in [0.25, 0.3) is 0 Å². The molecule has 1 fully saturated rings. The fraction of sp³-hybridized carbons (Fsp3) is 0.542. The third-order valence-corrected chi connectivity index (χ3v) is 7.02. The van der Waals surface area contributed by atoms with Crippen molar-refractivity contribution in [2.75, 3.05) is 56.1 Å². The second-order valence-corrected chi connectivity index (χ2v) is 10.1. The molecule has 0 radical (unpaired) electrons. The molecule has 2 aliphatic rings. The molecule has 2 aromatic rings. The zero-order valence-electron chi connectivity index (χ0n) is 19.2. The molecule has 1 aromatic heterocycles. The maximum absolute atomic E-state index is 12.6. The van der Waals surface area contributed by atoms with Crippen LogP contribution in [-0.2, 0) is 13.0 Å². The average Bonchev–Trinajstić information content (AvgIpc) is 2.81. The predicted octanol–water partition coefficient (Wildman–Crippen LogP) is 1.47. The first kappa shape index (κ1) is 23.9. The van der Waals surface area contributed by atoms with Crippen molar-refractivity contribution in [1.29, 1.82) is 0 Å². The number of nitrogens with one attached hydrogen (secondary N) is 2. The summed E-state index contributed by atoms with van der Waals surface area (Å²) in [6.45, 7) is 7.74. The van der Waals surface area contributed by atoms with Crippen LogP contribution in [-0.4, -0.2) is 93.7 Å². The Morgan fingerprint density at radius 2 is 2.06 bits per heavy atom. The normalized spacial score (nSPS) is 17.8. The Morgan fingerprint density at radius 3 is 2.88 bits per heavy atom. The minimum Gasteiger partial charge on any atom is -0.390 e. The van der Waals surface area contributed by atoms with E-state index in [-0.39, 0.29) is 12.5 Å². The highest BCUT2D eigenvalue weighted by Gasteiger charge is 2.26. The van der Waals surface area contributed by atoms with Crippen molar-refractivity contribution >= 4 is 23.5 Å². The van der Waals surface area contributed by atoms with Crippen molar-refractivity contribution in [2.45, 2.75) is 32.0 Å². The number of carbonyl (C=O) groups excluding carboxylic acids is 1. The lowest BCUT2D eigenvalue weighted by Crippen LogP contribution is -2.55. The van der Waals surface area contributed by atoms with Gasteiger partial charge in [0, 0.05) is 57.6 Å². The number of amides is 1. The van der Waals surface area contributed by atoms with E-state index in [0.717, 1.165) is 50.7 Å². The van der Waals surface area contributed by atoms with Gasteiger partial charge in [0.1, 0.15) is 17.8 Å². The van der Waals surface area contributed by atoms with Gasteiger partial charge in [0.05, 0.1) is 12.1 Å². The third kappa shape index (κ3) is 6.89. The molecule has 1 saturated heterocycles. The number of aliphatic hydroxyl groups excluding tert-OH is 1. The minimum atomic E-state index is -0.634. The summed E-state index contributed by atoms with van der Waals surface area (Å²) in [6.07, 6.45) is 1.76. The number of likely N-dealkylation sites (tertiary alicyclic amines) is 1. The third-order valence-electron chi connectivity index (χ3n) is 6.14. The lowest BCUT2D eigenvalue weighted by atomic mass is 10.00. The van der Waals surface area contributed by atoms with E-state index in [0.29, 0.717) is 24.1 Å². The number of nitrogens with zero attached hydrogens (tertiary/aromatic N) is 4. The van der Waals surface area contributed by atoms with Gasteiger partial charge in [-0.05, 0) is 23.3 Å². The Balaban J connectivity index is 1.18. The van der Waals surface area contributed by atoms with Crippen LogP contribution >= 0.6 is 11.8 Å². The van der Waals surface area contributed by atoms with Gasteiger partial charge in [0.15, 0.2) is 0 Å². The number of aromatic nitrogens is 2. The van der Waals surface area contributed by atoms with Gasteiger partial charge < -0.3 is 15.7 Å². The van der Waals surface area contributed by atoms with Crippen LogP contribution < -0.4 is 10.6 Å². The maximum atomic E-state index is 12.6. The van der Waals surface area contributed by atoms with Crippen molar-refractivity contribution in [1.82, 2.24) is 25.1 Å². The monoisotopic (exact) mass is 470 g/mol. The molecule has 1 atom stereocenters. The summed E-state index contributed by atoms with van der Waals surface area (Å²) in [7, 11) is 0. The molecule has 1 aromatic carbocycles. The Morgan fingerprint density at radius 1 is 1.24 bits per heavy atom. The van der Waals surface area contributed by atoms with Crippen molar-refractivity contribution in [3.63, 3.8) is 0 Å². The van der Waals surface area contributed by atoms with E-state index in [1.165, 1.54) is 17.5 Å². The van der Waals surface area contributed by atoms with Gasteiger partial charge >= 0.3 is 0 Å². The van der Waals surface area contributed by atoms with E-state index in [1.807, 2.05) is 11.8 Å². The summed E-state index contributed by atoms with van der Waals surface area (Å²) in [6, 6.07) is 10.5. The molecule has 1 amide bonds. The highest BCUT2D eigenvalue weighted by molar-refractivity contribution is 7.99. The Bertz CT molecular complexity index is 923. The van der Waals surface area contributed by atoms with Crippen molar-refractivity contribution < 1.29 is 9.90 Å². The molecule has 9 heteroatoms. The Labute approximate surface area is 200 Å². The van der Waals surface area contributed by atoms with Crippen LogP contribution in [0.3, 0.4) is 0 Å². The quantitative estimate of drug-likeness (QED) is 0.425. The summed E-state index contributed by atoms with van der Waals surface area (Å²) in [5.74, 6) is 2.69. The minimum absolute atomic E-state index is 0.192. The number of aliphatic hydroxyl groups is 1. The highest BCUT2D eigenvalue weighted by Crippen LogP contribution is 2.18. The second-order valence-electron chi connectivity index (χ2n) is 8.70.